The van der Waals surface area contributed by atoms with Gasteiger partial charge in [0.15, 0.2) is 5.65 Å². The Morgan fingerprint density at radius 1 is 1.25 bits per heavy atom. The standard InChI is InChI=1S/C17H23N5O2/c1-3-20(4-2)16(23)13-7-10-21(11-8-13)17(24)14-6-5-9-22-12-18-19-15(14)22/h5-6,9,12-13H,3-4,7-8,10-11H2,1-2H3. The lowest BCUT2D eigenvalue weighted by molar-refractivity contribution is -0.136. The molecule has 1 aliphatic rings. The molecule has 1 saturated heterocycles. The fraction of sp³-hybridized carbons (Fsp3) is 0.529. The van der Waals surface area contributed by atoms with Gasteiger partial charge in [-0.05, 0) is 38.8 Å². The number of hydrogen-bond acceptors (Lipinski definition) is 4. The number of piperidine rings is 1. The van der Waals surface area contributed by atoms with Crippen molar-refractivity contribution in [3.05, 3.63) is 30.2 Å². The highest BCUT2D eigenvalue weighted by molar-refractivity contribution is 5.99. The molecule has 2 aromatic rings. The molecule has 2 aromatic heterocycles. The number of pyridine rings is 1. The van der Waals surface area contributed by atoms with E-state index < -0.39 is 0 Å². The number of aromatic nitrogens is 3. The molecule has 0 radical (unpaired) electrons. The first-order valence-electron chi connectivity index (χ1n) is 8.52. The van der Waals surface area contributed by atoms with Crippen LogP contribution in [0.3, 0.4) is 0 Å². The molecule has 0 saturated carbocycles. The smallest absolute Gasteiger partial charge is 0.257 e. The summed E-state index contributed by atoms with van der Waals surface area (Å²) < 4.78 is 1.74. The Balaban J connectivity index is 1.67. The normalized spacial score (nSPS) is 15.7. The summed E-state index contributed by atoms with van der Waals surface area (Å²) in [4.78, 5) is 28.9. The molecule has 2 amide bonds. The zero-order valence-corrected chi connectivity index (χ0v) is 14.2. The second-order valence-corrected chi connectivity index (χ2v) is 6.06. The van der Waals surface area contributed by atoms with Gasteiger partial charge in [0.2, 0.25) is 5.91 Å². The third kappa shape index (κ3) is 2.98. The fourth-order valence-corrected chi connectivity index (χ4v) is 3.31. The SMILES string of the molecule is CCN(CC)C(=O)C1CCN(C(=O)c2cccn3cnnc23)CC1. The van der Waals surface area contributed by atoms with Gasteiger partial charge in [-0.25, -0.2) is 0 Å². The van der Waals surface area contributed by atoms with Crippen LogP contribution in [0.4, 0.5) is 0 Å². The molecule has 0 aromatic carbocycles. The topological polar surface area (TPSA) is 70.8 Å². The minimum atomic E-state index is -0.0395. The van der Waals surface area contributed by atoms with Crippen LogP contribution in [0.5, 0.6) is 0 Å². The van der Waals surface area contributed by atoms with E-state index in [1.807, 2.05) is 35.9 Å². The van der Waals surface area contributed by atoms with E-state index in [-0.39, 0.29) is 17.7 Å². The molecular weight excluding hydrogens is 306 g/mol. The molecular formula is C17H23N5O2. The van der Waals surface area contributed by atoms with Crippen LogP contribution in [0.25, 0.3) is 5.65 Å². The van der Waals surface area contributed by atoms with E-state index in [4.69, 9.17) is 0 Å². The Bertz CT molecular complexity index is 729. The average molecular weight is 329 g/mol. The van der Waals surface area contributed by atoms with E-state index in [9.17, 15) is 9.59 Å². The molecule has 3 rings (SSSR count). The summed E-state index contributed by atoms with van der Waals surface area (Å²) >= 11 is 0. The van der Waals surface area contributed by atoms with Crippen molar-refractivity contribution in [1.29, 1.82) is 0 Å². The van der Waals surface area contributed by atoms with Crippen molar-refractivity contribution in [3.63, 3.8) is 0 Å². The van der Waals surface area contributed by atoms with E-state index in [0.29, 0.717) is 24.3 Å². The number of nitrogens with zero attached hydrogens (tertiary/aromatic N) is 5. The minimum absolute atomic E-state index is 0.0258. The van der Waals surface area contributed by atoms with Crippen LogP contribution < -0.4 is 0 Å². The number of carbonyl (C=O) groups excluding carboxylic acids is 2. The highest BCUT2D eigenvalue weighted by Gasteiger charge is 2.30. The molecule has 0 N–H and O–H groups in total. The van der Waals surface area contributed by atoms with Gasteiger partial charge in [0.05, 0.1) is 5.56 Å². The molecule has 7 nitrogen and oxygen atoms in total. The van der Waals surface area contributed by atoms with E-state index >= 15 is 0 Å². The predicted molar refractivity (Wildman–Crippen MR) is 89.5 cm³/mol. The maximum Gasteiger partial charge on any atom is 0.257 e. The van der Waals surface area contributed by atoms with Crippen molar-refractivity contribution in [3.8, 4) is 0 Å². The van der Waals surface area contributed by atoms with Crippen LogP contribution in [0.15, 0.2) is 24.7 Å². The first-order valence-corrected chi connectivity index (χ1v) is 8.52. The van der Waals surface area contributed by atoms with Crippen molar-refractivity contribution < 1.29 is 9.59 Å². The summed E-state index contributed by atoms with van der Waals surface area (Å²) in [7, 11) is 0. The van der Waals surface area contributed by atoms with E-state index in [2.05, 4.69) is 10.2 Å². The summed E-state index contributed by atoms with van der Waals surface area (Å²) in [6.45, 7) is 6.68. The van der Waals surface area contributed by atoms with Crippen molar-refractivity contribution in [2.24, 2.45) is 5.92 Å². The molecule has 0 unspecified atom stereocenters. The second kappa shape index (κ2) is 6.98. The largest absolute Gasteiger partial charge is 0.343 e. The number of likely N-dealkylation sites (tertiary alicyclic amines) is 1. The van der Waals surface area contributed by atoms with Crippen molar-refractivity contribution >= 4 is 17.5 Å². The lowest BCUT2D eigenvalue weighted by Crippen LogP contribution is -2.44. The molecule has 24 heavy (non-hydrogen) atoms. The molecule has 1 aliphatic heterocycles. The highest BCUT2D eigenvalue weighted by Crippen LogP contribution is 2.22. The van der Waals surface area contributed by atoms with Gasteiger partial charge >= 0.3 is 0 Å². The van der Waals surface area contributed by atoms with Crippen LogP contribution in [-0.2, 0) is 4.79 Å². The van der Waals surface area contributed by atoms with Gasteiger partial charge in [-0.2, -0.15) is 0 Å². The monoisotopic (exact) mass is 329 g/mol. The molecule has 0 aliphatic carbocycles. The number of fused-ring (bicyclic) bond motifs is 1. The van der Waals surface area contributed by atoms with Crippen LogP contribution in [0.1, 0.15) is 37.0 Å². The Morgan fingerprint density at radius 2 is 1.96 bits per heavy atom. The van der Waals surface area contributed by atoms with Gasteiger partial charge in [-0.1, -0.05) is 0 Å². The Morgan fingerprint density at radius 3 is 2.62 bits per heavy atom. The van der Waals surface area contributed by atoms with E-state index in [0.717, 1.165) is 25.9 Å². The molecule has 0 bridgehead atoms. The summed E-state index contributed by atoms with van der Waals surface area (Å²) in [6, 6.07) is 3.60. The van der Waals surface area contributed by atoms with Gasteiger partial charge in [0.25, 0.3) is 5.91 Å². The van der Waals surface area contributed by atoms with Crippen LogP contribution in [0, 0.1) is 5.92 Å². The predicted octanol–water partition coefficient (Wildman–Crippen LogP) is 1.45. The Labute approximate surface area is 141 Å². The third-order valence-corrected chi connectivity index (χ3v) is 4.76. The zero-order valence-electron chi connectivity index (χ0n) is 14.2. The zero-order chi connectivity index (χ0) is 17.1. The average Bonchev–Trinajstić information content (AvgIpc) is 3.11. The number of carbonyl (C=O) groups is 2. The molecule has 0 atom stereocenters. The number of amides is 2. The minimum Gasteiger partial charge on any atom is -0.343 e. The summed E-state index contributed by atoms with van der Waals surface area (Å²) in [5.41, 5.74) is 1.13. The summed E-state index contributed by atoms with van der Waals surface area (Å²) in [6.07, 6.45) is 4.84. The third-order valence-electron chi connectivity index (χ3n) is 4.76. The second-order valence-electron chi connectivity index (χ2n) is 6.06. The van der Waals surface area contributed by atoms with Crippen molar-refractivity contribution in [1.82, 2.24) is 24.4 Å². The Kier molecular flexibility index (Phi) is 4.78. The first kappa shape index (κ1) is 16.4. The van der Waals surface area contributed by atoms with Crippen molar-refractivity contribution in [2.45, 2.75) is 26.7 Å². The molecule has 1 fully saturated rings. The van der Waals surface area contributed by atoms with Gasteiger partial charge in [0.1, 0.15) is 6.33 Å². The van der Waals surface area contributed by atoms with Gasteiger partial charge in [0, 0.05) is 38.3 Å². The molecule has 3 heterocycles. The van der Waals surface area contributed by atoms with Crippen molar-refractivity contribution in [2.75, 3.05) is 26.2 Å². The van der Waals surface area contributed by atoms with Gasteiger partial charge in [-0.3, -0.25) is 14.0 Å². The van der Waals surface area contributed by atoms with E-state index in [1.165, 1.54) is 0 Å². The van der Waals surface area contributed by atoms with Crippen LogP contribution in [-0.4, -0.2) is 62.4 Å². The number of hydrogen-bond donors (Lipinski definition) is 0. The first-order chi connectivity index (χ1) is 11.7. The number of rotatable bonds is 4. The van der Waals surface area contributed by atoms with Crippen LogP contribution in [0.2, 0.25) is 0 Å². The Hall–Kier alpha value is -2.44. The molecule has 0 spiro atoms. The molecule has 7 heteroatoms. The maximum absolute atomic E-state index is 12.8. The highest BCUT2D eigenvalue weighted by atomic mass is 16.2. The maximum atomic E-state index is 12.8. The van der Waals surface area contributed by atoms with Crippen LogP contribution >= 0.6 is 0 Å². The van der Waals surface area contributed by atoms with E-state index in [1.54, 1.807) is 16.8 Å². The summed E-state index contributed by atoms with van der Waals surface area (Å²) in [5.74, 6) is 0.201. The summed E-state index contributed by atoms with van der Waals surface area (Å²) in [5, 5.41) is 7.88. The van der Waals surface area contributed by atoms with Gasteiger partial charge in [-0.15, -0.1) is 10.2 Å². The quantitative estimate of drug-likeness (QED) is 0.851. The van der Waals surface area contributed by atoms with Gasteiger partial charge < -0.3 is 9.80 Å². The fourth-order valence-electron chi connectivity index (χ4n) is 3.31. The molecule has 128 valence electrons. The lowest BCUT2D eigenvalue weighted by atomic mass is 9.94. The lowest BCUT2D eigenvalue weighted by Gasteiger charge is -2.33.